The Balaban J connectivity index is 2.23. The van der Waals surface area contributed by atoms with E-state index in [4.69, 9.17) is 4.74 Å². The largest absolute Gasteiger partial charge is 0.487 e. The van der Waals surface area contributed by atoms with Crippen LogP contribution in [-0.4, -0.2) is 17.2 Å². The number of rotatable bonds is 0. The summed E-state index contributed by atoms with van der Waals surface area (Å²) in [5.41, 5.74) is 2.46. The van der Waals surface area contributed by atoms with E-state index in [9.17, 15) is 9.59 Å². The average molecular weight is 256 g/mol. The molecule has 0 bridgehead atoms. The molecule has 2 aliphatic rings. The molecule has 0 fully saturated rings. The number of hydrogen-bond acceptors (Lipinski definition) is 3. The Hall–Kier alpha value is -1.90. The predicted molar refractivity (Wildman–Crippen MR) is 71.8 cm³/mol. The fourth-order valence-electron chi connectivity index (χ4n) is 2.67. The maximum absolute atomic E-state index is 12.2. The molecule has 0 atom stereocenters. The Morgan fingerprint density at radius 2 is 1.84 bits per heavy atom. The number of carbonyl (C=O) groups is 2. The minimum Gasteiger partial charge on any atom is -0.487 e. The molecule has 0 saturated carbocycles. The molecule has 19 heavy (non-hydrogen) atoms. The number of aryl methyl sites for hydroxylation is 1. The van der Waals surface area contributed by atoms with Gasteiger partial charge in [0.2, 0.25) is 11.6 Å². The second-order valence-electron chi connectivity index (χ2n) is 5.88. The monoisotopic (exact) mass is 256 g/mol. The number of ether oxygens (including phenoxy) is 1. The van der Waals surface area contributed by atoms with Gasteiger partial charge in [0.05, 0.1) is 0 Å². The Morgan fingerprint density at radius 3 is 2.58 bits per heavy atom. The van der Waals surface area contributed by atoms with Gasteiger partial charge in [0, 0.05) is 16.7 Å². The molecular formula is C16H16O3. The van der Waals surface area contributed by atoms with E-state index in [1.54, 1.807) is 6.07 Å². The highest BCUT2D eigenvalue weighted by molar-refractivity contribution is 6.52. The van der Waals surface area contributed by atoms with Crippen molar-refractivity contribution in [2.45, 2.75) is 39.2 Å². The molecule has 98 valence electrons. The molecule has 1 aromatic rings. The van der Waals surface area contributed by atoms with Crippen LogP contribution in [0.3, 0.4) is 0 Å². The van der Waals surface area contributed by atoms with E-state index in [0.717, 1.165) is 17.5 Å². The topological polar surface area (TPSA) is 43.4 Å². The zero-order valence-corrected chi connectivity index (χ0v) is 11.4. The lowest BCUT2D eigenvalue weighted by Crippen LogP contribution is -2.34. The molecule has 1 heterocycles. The van der Waals surface area contributed by atoms with Crippen molar-refractivity contribution in [3.63, 3.8) is 0 Å². The van der Waals surface area contributed by atoms with Gasteiger partial charge >= 0.3 is 0 Å². The zero-order valence-electron chi connectivity index (χ0n) is 11.4. The van der Waals surface area contributed by atoms with Crippen LogP contribution in [0.25, 0.3) is 5.76 Å². The summed E-state index contributed by atoms with van der Waals surface area (Å²) >= 11 is 0. The van der Waals surface area contributed by atoms with Crippen molar-refractivity contribution < 1.29 is 14.3 Å². The number of ketones is 2. The van der Waals surface area contributed by atoms with E-state index in [1.807, 2.05) is 32.9 Å². The first-order valence-electron chi connectivity index (χ1n) is 6.51. The van der Waals surface area contributed by atoms with Crippen molar-refractivity contribution in [3.8, 4) is 0 Å². The van der Waals surface area contributed by atoms with Crippen LogP contribution in [0.4, 0.5) is 0 Å². The van der Waals surface area contributed by atoms with Crippen molar-refractivity contribution in [3.05, 3.63) is 40.5 Å². The van der Waals surface area contributed by atoms with Crippen LogP contribution < -0.4 is 0 Å². The summed E-state index contributed by atoms with van der Waals surface area (Å²) in [6.07, 6.45) is 1.37. The van der Waals surface area contributed by atoms with Crippen molar-refractivity contribution >= 4 is 17.3 Å². The molecule has 3 rings (SSSR count). The Kier molecular flexibility index (Phi) is 2.43. The van der Waals surface area contributed by atoms with E-state index in [2.05, 4.69) is 0 Å². The van der Waals surface area contributed by atoms with Gasteiger partial charge in [-0.05, 0) is 39.7 Å². The molecule has 1 aromatic carbocycles. The molecule has 1 aliphatic carbocycles. The fraction of sp³-hybridized carbons (Fsp3) is 0.375. The first kappa shape index (κ1) is 12.2. The number of hydrogen-bond donors (Lipinski definition) is 0. The highest BCUT2D eigenvalue weighted by Crippen LogP contribution is 2.41. The first-order chi connectivity index (χ1) is 8.89. The molecule has 0 aromatic heterocycles. The molecule has 3 nitrogen and oxygen atoms in total. The van der Waals surface area contributed by atoms with Gasteiger partial charge in [0.25, 0.3) is 0 Å². The summed E-state index contributed by atoms with van der Waals surface area (Å²) in [5.74, 6) is -0.194. The zero-order chi connectivity index (χ0) is 13.8. The maximum atomic E-state index is 12.2. The molecule has 3 heteroatoms. The van der Waals surface area contributed by atoms with Gasteiger partial charge in [-0.2, -0.15) is 0 Å². The smallest absolute Gasteiger partial charge is 0.234 e. The molecule has 0 unspecified atom stereocenters. The third kappa shape index (κ3) is 1.81. The van der Waals surface area contributed by atoms with Gasteiger partial charge in [-0.1, -0.05) is 17.7 Å². The second-order valence-corrected chi connectivity index (χ2v) is 5.88. The van der Waals surface area contributed by atoms with E-state index in [-0.39, 0.29) is 5.60 Å². The van der Waals surface area contributed by atoms with Crippen molar-refractivity contribution in [2.24, 2.45) is 0 Å². The highest BCUT2D eigenvalue weighted by atomic mass is 16.5. The van der Waals surface area contributed by atoms with Gasteiger partial charge in [0.1, 0.15) is 11.4 Å². The number of allylic oxidation sites excluding steroid dienone is 1. The number of benzene rings is 1. The van der Waals surface area contributed by atoms with E-state index in [0.29, 0.717) is 23.3 Å². The van der Waals surface area contributed by atoms with Gasteiger partial charge in [0.15, 0.2) is 0 Å². The normalized spacial score (nSPS) is 20.8. The molecule has 0 amide bonds. The summed E-state index contributed by atoms with van der Waals surface area (Å²) in [6, 6.07) is 5.59. The van der Waals surface area contributed by atoms with Gasteiger partial charge in [-0.15, -0.1) is 0 Å². The highest BCUT2D eigenvalue weighted by Gasteiger charge is 2.39. The second kappa shape index (κ2) is 3.80. The van der Waals surface area contributed by atoms with Crippen LogP contribution in [0, 0.1) is 6.92 Å². The Bertz CT molecular complexity index is 635. The molecular weight excluding hydrogens is 240 g/mol. The minimum atomic E-state index is -0.402. The first-order valence-corrected chi connectivity index (χ1v) is 6.51. The van der Waals surface area contributed by atoms with E-state index < -0.39 is 11.6 Å². The summed E-state index contributed by atoms with van der Waals surface area (Å²) < 4.78 is 5.97. The van der Waals surface area contributed by atoms with Crippen LogP contribution in [0.1, 0.15) is 48.2 Å². The van der Waals surface area contributed by atoms with Gasteiger partial charge in [-0.3, -0.25) is 9.59 Å². The Labute approximate surface area is 112 Å². The van der Waals surface area contributed by atoms with Crippen LogP contribution in [0.5, 0.6) is 0 Å². The summed E-state index contributed by atoms with van der Waals surface area (Å²) in [7, 11) is 0. The van der Waals surface area contributed by atoms with Gasteiger partial charge in [-0.25, -0.2) is 0 Å². The molecule has 1 aliphatic heterocycles. The molecule has 0 radical (unpaired) electrons. The van der Waals surface area contributed by atoms with Crippen molar-refractivity contribution in [1.29, 1.82) is 0 Å². The number of fused-ring (bicyclic) bond motifs is 2. The lowest BCUT2D eigenvalue weighted by atomic mass is 9.82. The molecule has 0 spiro atoms. The lowest BCUT2D eigenvalue weighted by Gasteiger charge is -2.36. The summed E-state index contributed by atoms with van der Waals surface area (Å²) in [4.78, 5) is 24.3. The van der Waals surface area contributed by atoms with E-state index in [1.165, 1.54) is 0 Å². The number of carbonyl (C=O) groups excluding carboxylic acids is 2. The lowest BCUT2D eigenvalue weighted by molar-refractivity contribution is -0.112. The van der Waals surface area contributed by atoms with E-state index >= 15 is 0 Å². The summed E-state index contributed by atoms with van der Waals surface area (Å²) in [5, 5.41) is 0. The molecule has 0 N–H and O–H groups in total. The average Bonchev–Trinajstić information content (AvgIpc) is 2.35. The molecule has 0 saturated heterocycles. The van der Waals surface area contributed by atoms with Crippen LogP contribution in [0.2, 0.25) is 0 Å². The van der Waals surface area contributed by atoms with Gasteiger partial charge < -0.3 is 4.74 Å². The van der Waals surface area contributed by atoms with Crippen LogP contribution in [0.15, 0.2) is 23.8 Å². The van der Waals surface area contributed by atoms with Crippen molar-refractivity contribution in [1.82, 2.24) is 0 Å². The standard InChI is InChI=1S/C16H16O3/c1-9-4-5-10-12(8-9)14(18)13(17)11-6-7-16(2,3)19-15(10)11/h4-5,8H,6-7H2,1-3H3. The van der Waals surface area contributed by atoms with Crippen molar-refractivity contribution in [2.75, 3.05) is 0 Å². The number of Topliss-reactive ketones (excluding diaryl/α,β-unsaturated/α-hetero) is 2. The third-order valence-corrected chi connectivity index (χ3v) is 3.77. The van der Waals surface area contributed by atoms with Crippen LogP contribution >= 0.6 is 0 Å². The summed E-state index contributed by atoms with van der Waals surface area (Å²) in [6.45, 7) is 5.92. The third-order valence-electron chi connectivity index (χ3n) is 3.77. The fourth-order valence-corrected chi connectivity index (χ4v) is 2.67. The Morgan fingerprint density at radius 1 is 1.11 bits per heavy atom. The minimum absolute atomic E-state index is 0.290. The van der Waals surface area contributed by atoms with Crippen LogP contribution in [-0.2, 0) is 9.53 Å². The SMILES string of the molecule is Cc1ccc2c(c1)C(=O)C(=O)C1=C2OC(C)(C)CC1. The predicted octanol–water partition coefficient (Wildman–Crippen LogP) is 3.06. The maximum Gasteiger partial charge on any atom is 0.234 e. The quantitative estimate of drug-likeness (QED) is 0.670.